The largest absolute Gasteiger partial charge is 0.481 e. The molecule has 0 radical (unpaired) electrons. The molecule has 2 fully saturated rings. The molecule has 1 aliphatic heterocycles. The lowest BCUT2D eigenvalue weighted by Gasteiger charge is -2.24. The summed E-state index contributed by atoms with van der Waals surface area (Å²) in [5.41, 5.74) is 5.48. The molecule has 2 rings (SSSR count). The van der Waals surface area contributed by atoms with Crippen molar-refractivity contribution in [1.82, 2.24) is 5.32 Å². The van der Waals surface area contributed by atoms with Crippen LogP contribution in [-0.2, 0) is 9.59 Å². The highest BCUT2D eigenvalue weighted by Crippen LogP contribution is 2.27. The van der Waals surface area contributed by atoms with Crippen molar-refractivity contribution in [3.05, 3.63) is 0 Å². The second kappa shape index (κ2) is 8.12. The zero-order chi connectivity index (χ0) is 14.3. The normalized spacial score (nSPS) is 30.3. The van der Waals surface area contributed by atoms with Crippen LogP contribution in [0.2, 0.25) is 0 Å². The predicted molar refractivity (Wildman–Crippen MR) is 70.8 cm³/mol. The van der Waals surface area contributed by atoms with Crippen molar-refractivity contribution in [2.24, 2.45) is 17.6 Å². The Kier molecular flexibility index (Phi) is 6.80. The van der Waals surface area contributed by atoms with Crippen LogP contribution >= 0.6 is 0 Å². The number of carbonyl (C=O) groups is 2. The maximum atomic E-state index is 10.5. The van der Waals surface area contributed by atoms with E-state index in [0.29, 0.717) is 12.5 Å². The number of carboxylic acid groups (broad SMARTS) is 2. The van der Waals surface area contributed by atoms with Crippen LogP contribution in [0.15, 0.2) is 0 Å². The quantitative estimate of drug-likeness (QED) is 0.600. The SMILES string of the molecule is NCC1CCC(C(=O)O)CC1.O=C(O)[C@@H]1CCCN1. The summed E-state index contributed by atoms with van der Waals surface area (Å²) >= 11 is 0. The van der Waals surface area contributed by atoms with Crippen molar-refractivity contribution in [2.75, 3.05) is 13.1 Å². The number of rotatable bonds is 3. The second-order valence-electron chi connectivity index (χ2n) is 5.28. The lowest BCUT2D eigenvalue weighted by atomic mass is 9.82. The number of hydrogen-bond donors (Lipinski definition) is 4. The summed E-state index contributed by atoms with van der Waals surface area (Å²) in [6.07, 6.45) is 5.40. The van der Waals surface area contributed by atoms with Gasteiger partial charge in [0.15, 0.2) is 0 Å². The van der Waals surface area contributed by atoms with E-state index < -0.39 is 11.9 Å². The van der Waals surface area contributed by atoms with Gasteiger partial charge in [-0.3, -0.25) is 9.59 Å². The van der Waals surface area contributed by atoms with E-state index in [1.165, 1.54) is 0 Å². The topological polar surface area (TPSA) is 113 Å². The first-order valence-electron chi connectivity index (χ1n) is 6.93. The van der Waals surface area contributed by atoms with Gasteiger partial charge in [0.1, 0.15) is 6.04 Å². The Morgan fingerprint density at radius 1 is 1.05 bits per heavy atom. The summed E-state index contributed by atoms with van der Waals surface area (Å²) in [5.74, 6) is -0.883. The van der Waals surface area contributed by atoms with Gasteiger partial charge in [0.05, 0.1) is 5.92 Å². The molecule has 0 aromatic carbocycles. The second-order valence-corrected chi connectivity index (χ2v) is 5.28. The van der Waals surface area contributed by atoms with Gasteiger partial charge in [-0.15, -0.1) is 0 Å². The Morgan fingerprint density at radius 2 is 1.68 bits per heavy atom. The van der Waals surface area contributed by atoms with Crippen LogP contribution in [0.1, 0.15) is 38.5 Å². The van der Waals surface area contributed by atoms with Crippen molar-refractivity contribution >= 4 is 11.9 Å². The van der Waals surface area contributed by atoms with Crippen LogP contribution < -0.4 is 11.1 Å². The van der Waals surface area contributed by atoms with Crippen molar-refractivity contribution in [2.45, 2.75) is 44.6 Å². The maximum Gasteiger partial charge on any atom is 0.320 e. The minimum atomic E-state index is -0.720. The zero-order valence-corrected chi connectivity index (χ0v) is 11.2. The lowest BCUT2D eigenvalue weighted by Crippen LogP contribution is -2.29. The van der Waals surface area contributed by atoms with E-state index in [1.54, 1.807) is 0 Å². The minimum Gasteiger partial charge on any atom is -0.481 e. The molecule has 1 aliphatic carbocycles. The molecular formula is C13H24N2O4. The van der Waals surface area contributed by atoms with E-state index in [4.69, 9.17) is 15.9 Å². The molecule has 1 atom stereocenters. The van der Waals surface area contributed by atoms with Gasteiger partial charge < -0.3 is 21.3 Å². The van der Waals surface area contributed by atoms with E-state index in [1.807, 2.05) is 0 Å². The van der Waals surface area contributed by atoms with Crippen LogP contribution in [0.25, 0.3) is 0 Å². The van der Waals surface area contributed by atoms with Gasteiger partial charge in [-0.05, 0) is 57.5 Å². The first-order valence-corrected chi connectivity index (χ1v) is 6.93. The highest BCUT2D eigenvalue weighted by Gasteiger charge is 2.24. The zero-order valence-electron chi connectivity index (χ0n) is 11.2. The molecule has 0 unspecified atom stereocenters. The Hall–Kier alpha value is -1.14. The summed E-state index contributed by atoms with van der Waals surface area (Å²) in [6.45, 7) is 1.57. The van der Waals surface area contributed by atoms with Crippen LogP contribution in [0, 0.1) is 11.8 Å². The Labute approximate surface area is 113 Å². The molecule has 6 heteroatoms. The van der Waals surface area contributed by atoms with Crippen molar-refractivity contribution in [1.29, 1.82) is 0 Å². The minimum absolute atomic E-state index is 0.0993. The van der Waals surface area contributed by atoms with E-state index in [0.717, 1.165) is 45.1 Å². The van der Waals surface area contributed by atoms with Gasteiger partial charge in [-0.25, -0.2) is 0 Å². The molecule has 0 aromatic heterocycles. The number of aliphatic carboxylic acids is 2. The molecule has 1 heterocycles. The van der Waals surface area contributed by atoms with E-state index >= 15 is 0 Å². The molecule has 1 saturated heterocycles. The summed E-state index contributed by atoms with van der Waals surface area (Å²) < 4.78 is 0. The van der Waals surface area contributed by atoms with E-state index in [9.17, 15) is 9.59 Å². The first-order chi connectivity index (χ1) is 9.04. The highest BCUT2D eigenvalue weighted by molar-refractivity contribution is 5.73. The number of nitrogens with two attached hydrogens (primary N) is 1. The standard InChI is InChI=1S/C8H15NO2.C5H9NO2/c9-5-6-1-3-7(4-2-6)8(10)11;7-5(8)4-2-1-3-6-4/h6-7H,1-5,9H2,(H,10,11);4,6H,1-3H2,(H,7,8)/t;4-/m.0/s1. The summed E-state index contributed by atoms with van der Waals surface area (Å²) in [6, 6.07) is -0.269. The van der Waals surface area contributed by atoms with Gasteiger partial charge in [-0.2, -0.15) is 0 Å². The number of carboxylic acids is 2. The van der Waals surface area contributed by atoms with Gasteiger partial charge in [0.2, 0.25) is 0 Å². The number of nitrogens with one attached hydrogen (secondary N) is 1. The van der Waals surface area contributed by atoms with Crippen molar-refractivity contribution < 1.29 is 19.8 Å². The fraction of sp³-hybridized carbons (Fsp3) is 0.846. The van der Waals surface area contributed by atoms with Gasteiger partial charge in [-0.1, -0.05) is 0 Å². The molecule has 0 amide bonds. The molecule has 2 aliphatic rings. The van der Waals surface area contributed by atoms with Gasteiger partial charge >= 0.3 is 11.9 Å². The van der Waals surface area contributed by atoms with Crippen LogP contribution in [0.4, 0.5) is 0 Å². The van der Waals surface area contributed by atoms with Gasteiger partial charge in [0, 0.05) is 0 Å². The highest BCUT2D eigenvalue weighted by atomic mass is 16.4. The first kappa shape index (κ1) is 15.9. The smallest absolute Gasteiger partial charge is 0.320 e. The fourth-order valence-electron chi connectivity index (χ4n) is 2.54. The van der Waals surface area contributed by atoms with Crippen molar-refractivity contribution in [3.63, 3.8) is 0 Å². The third kappa shape index (κ3) is 5.57. The van der Waals surface area contributed by atoms with Crippen LogP contribution in [-0.4, -0.2) is 41.3 Å². The molecule has 1 saturated carbocycles. The predicted octanol–water partition coefficient (Wildman–Crippen LogP) is 0.659. The third-order valence-electron chi connectivity index (χ3n) is 3.89. The molecule has 6 nitrogen and oxygen atoms in total. The Bertz CT molecular complexity index is 295. The van der Waals surface area contributed by atoms with Gasteiger partial charge in [0.25, 0.3) is 0 Å². The molecule has 0 bridgehead atoms. The Balaban J connectivity index is 0.000000200. The Morgan fingerprint density at radius 3 is 2.00 bits per heavy atom. The molecule has 0 spiro atoms. The molecule has 5 N–H and O–H groups in total. The maximum absolute atomic E-state index is 10.5. The average molecular weight is 272 g/mol. The monoisotopic (exact) mass is 272 g/mol. The molecular weight excluding hydrogens is 248 g/mol. The molecule has 19 heavy (non-hydrogen) atoms. The summed E-state index contributed by atoms with van der Waals surface area (Å²) in [4.78, 5) is 20.7. The van der Waals surface area contributed by atoms with E-state index in [-0.39, 0.29) is 12.0 Å². The lowest BCUT2D eigenvalue weighted by molar-refractivity contribution is -0.143. The van der Waals surface area contributed by atoms with Crippen LogP contribution in [0.5, 0.6) is 0 Å². The summed E-state index contributed by atoms with van der Waals surface area (Å²) in [5, 5.41) is 19.9. The summed E-state index contributed by atoms with van der Waals surface area (Å²) in [7, 11) is 0. The van der Waals surface area contributed by atoms with Crippen molar-refractivity contribution in [3.8, 4) is 0 Å². The molecule has 0 aromatic rings. The third-order valence-corrected chi connectivity index (χ3v) is 3.89. The molecule has 110 valence electrons. The van der Waals surface area contributed by atoms with Crippen LogP contribution in [0.3, 0.4) is 0 Å². The fourth-order valence-corrected chi connectivity index (χ4v) is 2.54. The average Bonchev–Trinajstić information content (AvgIpc) is 2.93. The number of hydrogen-bond acceptors (Lipinski definition) is 4. The van der Waals surface area contributed by atoms with E-state index in [2.05, 4.69) is 5.32 Å².